The fourth-order valence-corrected chi connectivity index (χ4v) is 19.3. The van der Waals surface area contributed by atoms with E-state index in [9.17, 15) is 0 Å². The van der Waals surface area contributed by atoms with Gasteiger partial charge in [-0.1, -0.05) is 210 Å². The molecule has 0 radical (unpaired) electrons. The van der Waals surface area contributed by atoms with Gasteiger partial charge in [0.2, 0.25) is 0 Å². The minimum atomic E-state index is -0.595. The third kappa shape index (κ3) is 43.2. The molecular formula is C72H132N11P3Ru3+2. The van der Waals surface area contributed by atoms with Crippen LogP contribution >= 0.6 is 23.8 Å². The van der Waals surface area contributed by atoms with Crippen LogP contribution in [0.5, 0.6) is 0 Å². The molecule has 89 heavy (non-hydrogen) atoms. The maximum absolute atomic E-state index is 7.44. The summed E-state index contributed by atoms with van der Waals surface area (Å²) in [5.74, 6) is 0. The monoisotopic (exact) mass is 1550 g/mol. The smallest absolute Gasteiger partial charge is 0.814 e. The number of fused-ring (bicyclic) bond motifs is 3. The number of benzene rings is 3. The van der Waals surface area contributed by atoms with E-state index >= 15 is 0 Å². The first kappa shape index (κ1) is 108. The Labute approximate surface area is 593 Å². The zero-order valence-electron chi connectivity index (χ0n) is 58.8. The summed E-state index contributed by atoms with van der Waals surface area (Å²) in [6, 6.07) is 25.2. The molecule has 0 amide bonds. The number of rotatable bonds is 9. The maximum Gasteiger partial charge on any atom is 4.00 e. The van der Waals surface area contributed by atoms with E-state index in [1.165, 1.54) is 130 Å². The number of nitrogens with zero attached hydrogens (tertiary/aromatic N) is 11. The fraction of sp³-hybridized carbons (Fsp3) is 0.597. The zero-order valence-corrected chi connectivity index (χ0v) is 66.9. The molecule has 3 fully saturated rings. The van der Waals surface area contributed by atoms with Gasteiger partial charge in [-0.2, -0.15) is 9.97 Å². The van der Waals surface area contributed by atoms with Crippen LogP contribution in [0.25, 0.3) is 60.1 Å². The average molecular weight is 1550 g/mol. The number of hydrogen-bond acceptors (Lipinski definition) is 3. The normalized spacial score (nSPS) is 11.8. The SMILES string of the molecule is C.C.C1CCCC1.C1CCCC1.C1CCCC1.CC(C)P(c1nc2ccccc2n1C)C(C)C.CC(C)[PH+](c1nc2ccccc2n1C)C(C)C.CC(C)[PH+](c1nc2ccccc2n1C)C(C)C.CC=[N-].CC=[N-].CC=[N-].CC=[N-].CC=[N-].[CH3-].[CH3-].[CH3-].[Ru+2].[Ru+2].[Ru+4]. The molecule has 512 valence electrons. The van der Waals surface area contributed by atoms with E-state index in [-0.39, 0.29) is 103 Å². The molecule has 3 saturated carbocycles. The predicted octanol–water partition coefficient (Wildman–Crippen LogP) is 21.7. The van der Waals surface area contributed by atoms with Crippen molar-refractivity contribution in [2.24, 2.45) is 21.1 Å². The standard InChI is InChI=1S/3C14H21N2P.3C5H10.5C2H4N.2CH4.3CH3.3Ru/c3*1-10(2)17(11(3)4)14-15-12-8-6-7-9-13(12)16(14)5;3*1-2-4-5-3-1;5*1-2-3;;;;;;;;/h3*6-11H,1-5H3;3*1-5H2;5*2H,1H3;2*1H4;3*1H3;;;/q;;;;;;5*-1;;;3*-1;2*+2;+4/p+2. The van der Waals surface area contributed by atoms with Gasteiger partial charge in [-0.25, -0.2) is 36.1 Å². The molecule has 17 heteroatoms. The van der Waals surface area contributed by atoms with E-state index in [0.29, 0.717) is 11.3 Å². The van der Waals surface area contributed by atoms with Gasteiger partial charge in [-0.05, 0) is 111 Å². The molecule has 6 aromatic rings. The van der Waals surface area contributed by atoms with E-state index in [4.69, 9.17) is 42.0 Å². The minimum absolute atomic E-state index is 0. The van der Waals surface area contributed by atoms with Gasteiger partial charge in [0, 0.05) is 21.1 Å². The Morgan fingerprint density at radius 3 is 0.719 bits per heavy atom. The molecule has 0 unspecified atom stereocenters. The van der Waals surface area contributed by atoms with Gasteiger partial charge in [-0.15, -0.1) is 0 Å². The summed E-state index contributed by atoms with van der Waals surface area (Å²) in [5.41, 5.74) is 15.3. The van der Waals surface area contributed by atoms with Crippen LogP contribution in [0.2, 0.25) is 0 Å². The zero-order chi connectivity index (χ0) is 61.9. The van der Waals surface area contributed by atoms with Crippen molar-refractivity contribution in [3.8, 4) is 0 Å². The Hall–Kier alpha value is -2.42. The van der Waals surface area contributed by atoms with E-state index in [2.05, 4.69) is 191 Å². The first-order chi connectivity index (χ1) is 38.6. The first-order valence-electron chi connectivity index (χ1n) is 30.5. The van der Waals surface area contributed by atoms with Crippen molar-refractivity contribution in [2.45, 2.75) is 263 Å². The van der Waals surface area contributed by atoms with Gasteiger partial charge in [0.05, 0.1) is 71.6 Å². The topological polar surface area (TPSA) is 165 Å². The Bertz CT molecular complexity index is 2210. The summed E-state index contributed by atoms with van der Waals surface area (Å²) >= 11 is 0. The van der Waals surface area contributed by atoms with Crippen LogP contribution < -0.4 is 16.7 Å². The van der Waals surface area contributed by atoms with Gasteiger partial charge >= 0.3 is 58.4 Å². The summed E-state index contributed by atoms with van der Waals surface area (Å²) < 4.78 is 6.87. The molecule has 3 aromatic carbocycles. The van der Waals surface area contributed by atoms with Crippen LogP contribution in [-0.2, 0) is 79.6 Å². The average Bonchev–Trinajstić information content (AvgIpc) is 4.30. The molecule has 3 aromatic heterocycles. The summed E-state index contributed by atoms with van der Waals surface area (Å²) in [6.45, 7) is 35.6. The molecule has 3 aliphatic rings. The Morgan fingerprint density at radius 2 is 0.551 bits per heavy atom. The Balaban J connectivity index is -0.000000103. The number of hydrogen-bond donors (Lipinski definition) is 0. The third-order valence-electron chi connectivity index (χ3n) is 13.4. The molecule has 3 aliphatic carbocycles. The molecule has 3 heterocycles. The summed E-state index contributed by atoms with van der Waals surface area (Å²) in [6.07, 6.45) is 27.5. The summed E-state index contributed by atoms with van der Waals surface area (Å²) in [4.78, 5) is 14.6. The minimum Gasteiger partial charge on any atom is -0.814 e. The van der Waals surface area contributed by atoms with Gasteiger partial charge in [-0.3, -0.25) is 9.13 Å². The molecule has 0 N–H and O–H groups in total. The van der Waals surface area contributed by atoms with Crippen molar-refractivity contribution in [3.63, 3.8) is 0 Å². The van der Waals surface area contributed by atoms with E-state index in [1.54, 1.807) is 34.6 Å². The third-order valence-corrected chi connectivity index (χ3v) is 23.4. The molecule has 0 spiro atoms. The summed E-state index contributed by atoms with van der Waals surface area (Å²) in [7, 11) is 5.07. The van der Waals surface area contributed by atoms with Crippen molar-refractivity contribution in [1.29, 1.82) is 0 Å². The molecule has 0 atom stereocenters. The van der Waals surface area contributed by atoms with Crippen LogP contribution in [-0.4, -0.2) is 93.7 Å². The van der Waals surface area contributed by atoms with Crippen molar-refractivity contribution in [1.82, 2.24) is 28.7 Å². The number of aryl methyl sites for hydroxylation is 3. The van der Waals surface area contributed by atoms with Crippen LogP contribution in [0.15, 0.2) is 72.8 Å². The molecule has 0 bridgehead atoms. The number of imidazole rings is 3. The Kier molecular flexibility index (Phi) is 81.4. The van der Waals surface area contributed by atoms with Gasteiger partial charge in [0.1, 0.15) is 5.57 Å². The van der Waals surface area contributed by atoms with Crippen molar-refractivity contribution >= 4 is 105 Å². The molecule has 0 saturated heterocycles. The van der Waals surface area contributed by atoms with E-state index in [0.717, 1.165) is 70.3 Å². The maximum atomic E-state index is 7.44. The second kappa shape index (κ2) is 67.0. The summed E-state index contributed by atoms with van der Waals surface area (Å²) in [5, 5.41) is 37.2. The van der Waals surface area contributed by atoms with Crippen molar-refractivity contribution in [2.75, 3.05) is 0 Å². The van der Waals surface area contributed by atoms with Crippen molar-refractivity contribution in [3.05, 3.63) is 122 Å². The van der Waals surface area contributed by atoms with E-state index in [1.807, 2.05) is 0 Å². The quantitative estimate of drug-likeness (QED) is 0.0610. The van der Waals surface area contributed by atoms with Crippen LogP contribution in [0.1, 0.15) is 229 Å². The van der Waals surface area contributed by atoms with Gasteiger partial charge in [0.15, 0.2) is 0 Å². The predicted molar refractivity (Wildman–Crippen MR) is 413 cm³/mol. The second-order valence-corrected chi connectivity index (χ2v) is 32.8. The van der Waals surface area contributed by atoms with Crippen LogP contribution in [0.4, 0.5) is 0 Å². The molecule has 9 rings (SSSR count). The number of aromatic nitrogens is 6. The van der Waals surface area contributed by atoms with Gasteiger partial charge < -0.3 is 53.9 Å². The van der Waals surface area contributed by atoms with Gasteiger partial charge in [0.25, 0.3) is 11.1 Å². The van der Waals surface area contributed by atoms with Crippen molar-refractivity contribution < 1.29 is 58.4 Å². The molecule has 0 aliphatic heterocycles. The molecular weight excluding hydrogens is 1420 g/mol. The fourth-order valence-electron chi connectivity index (χ4n) is 10.2. The number of para-hydroxylation sites is 6. The largest absolute Gasteiger partial charge is 4.00 e. The van der Waals surface area contributed by atoms with E-state index < -0.39 is 15.8 Å². The Morgan fingerprint density at radius 1 is 0.371 bits per heavy atom. The molecule has 11 nitrogen and oxygen atoms in total. The second-order valence-electron chi connectivity index (χ2n) is 22.1. The van der Waals surface area contributed by atoms with Crippen LogP contribution in [0, 0.1) is 22.3 Å². The van der Waals surface area contributed by atoms with Crippen LogP contribution in [0.3, 0.4) is 0 Å². The first-order valence-corrected chi connectivity index (χ1v) is 35.3.